The molecule has 0 fully saturated rings. The lowest BCUT2D eigenvalue weighted by Gasteiger charge is -2.20. The number of hydrogen-bond acceptors (Lipinski definition) is 5. The summed E-state index contributed by atoms with van der Waals surface area (Å²) in [4.78, 5) is 25.8. The van der Waals surface area contributed by atoms with E-state index in [0.717, 1.165) is 11.1 Å². The number of carboxylic acids is 1. The third-order valence-corrected chi connectivity index (χ3v) is 5.34. The zero-order valence-electron chi connectivity index (χ0n) is 19.4. The number of carbonyl (C=O) groups excluding carboxylic acids is 1. The number of carbonyl (C=O) groups is 2. The summed E-state index contributed by atoms with van der Waals surface area (Å²) < 4.78 is 0. The first kappa shape index (κ1) is 25.2. The molecule has 0 aromatic heterocycles. The minimum atomic E-state index is -0.853. The van der Waals surface area contributed by atoms with Gasteiger partial charge in [-0.3, -0.25) is 9.59 Å². The monoisotopic (exact) mass is 442 g/mol. The van der Waals surface area contributed by atoms with E-state index in [1.165, 1.54) is 11.0 Å². The van der Waals surface area contributed by atoms with Gasteiger partial charge in [-0.1, -0.05) is 52.0 Å². The quantitative estimate of drug-likeness (QED) is 0.441. The maximum Gasteiger partial charge on any atom is 0.320 e. The van der Waals surface area contributed by atoms with Crippen molar-refractivity contribution in [1.29, 1.82) is 0 Å². The van der Waals surface area contributed by atoms with Crippen LogP contribution in [0.25, 0.3) is 0 Å². The topological polar surface area (TPSA) is 110 Å². The molecule has 0 heterocycles. The van der Waals surface area contributed by atoms with E-state index in [0.29, 0.717) is 25.1 Å². The second kappa shape index (κ2) is 11.0. The third-order valence-electron chi connectivity index (χ3n) is 5.34. The van der Waals surface area contributed by atoms with Crippen molar-refractivity contribution in [3.8, 4) is 11.5 Å². The van der Waals surface area contributed by atoms with Gasteiger partial charge in [0.2, 0.25) is 0 Å². The van der Waals surface area contributed by atoms with Gasteiger partial charge >= 0.3 is 5.97 Å². The molecule has 0 spiro atoms. The lowest BCUT2D eigenvalue weighted by atomic mass is 9.98. The normalized spacial score (nSPS) is 12.2. The zero-order valence-corrected chi connectivity index (χ0v) is 19.4. The first-order chi connectivity index (χ1) is 15.0. The van der Waals surface area contributed by atoms with Crippen LogP contribution in [0.5, 0.6) is 11.5 Å². The fourth-order valence-corrected chi connectivity index (χ4v) is 3.53. The molecule has 174 valence electrons. The van der Waals surface area contributed by atoms with Crippen LogP contribution in [0.15, 0.2) is 36.4 Å². The van der Waals surface area contributed by atoms with Gasteiger partial charge in [-0.2, -0.15) is 0 Å². The lowest BCUT2D eigenvalue weighted by molar-refractivity contribution is -0.140. The molecule has 32 heavy (non-hydrogen) atoms. The smallest absolute Gasteiger partial charge is 0.320 e. The Morgan fingerprint density at radius 1 is 0.969 bits per heavy atom. The van der Waals surface area contributed by atoms with E-state index in [1.807, 2.05) is 52.0 Å². The number of aromatic hydroxyl groups is 2. The van der Waals surface area contributed by atoms with Gasteiger partial charge in [-0.25, -0.2) is 0 Å². The molecule has 2 aromatic carbocycles. The standard InChI is InChI=1S/C25H34N2O5/c1-15(2)10-21(25(31)32)26-13-17-6-8-18(9-7-17)14-27(5)24(30)20-11-19(16(3)4)22(28)12-23(20)29/h6-9,11-12,15-16,21,26,28-29H,10,13-14H2,1-5H3,(H,31,32)/t21-/m0/s1. The second-order valence-corrected chi connectivity index (χ2v) is 8.96. The van der Waals surface area contributed by atoms with Crippen molar-refractivity contribution in [3.05, 3.63) is 58.7 Å². The van der Waals surface area contributed by atoms with Crippen molar-refractivity contribution in [2.75, 3.05) is 7.05 Å². The van der Waals surface area contributed by atoms with Crippen LogP contribution in [0.3, 0.4) is 0 Å². The number of phenolic OH excluding ortho intramolecular Hbond substituents is 2. The summed E-state index contributed by atoms with van der Waals surface area (Å²) in [5, 5.41) is 32.6. The molecule has 0 unspecified atom stereocenters. The summed E-state index contributed by atoms with van der Waals surface area (Å²) in [5.74, 6) is -1.18. The van der Waals surface area contributed by atoms with Gasteiger partial charge in [-0.05, 0) is 41.0 Å². The largest absolute Gasteiger partial charge is 0.508 e. The minimum absolute atomic E-state index is 0.00914. The lowest BCUT2D eigenvalue weighted by Crippen LogP contribution is -2.37. The van der Waals surface area contributed by atoms with Crippen molar-refractivity contribution < 1.29 is 24.9 Å². The average Bonchev–Trinajstić information content (AvgIpc) is 2.71. The molecule has 0 saturated carbocycles. The molecule has 0 saturated heterocycles. The highest BCUT2D eigenvalue weighted by Crippen LogP contribution is 2.32. The minimum Gasteiger partial charge on any atom is -0.508 e. The number of hydrogen-bond donors (Lipinski definition) is 4. The molecule has 0 aliphatic rings. The SMILES string of the molecule is CC(C)C[C@H](NCc1ccc(CN(C)C(=O)c2cc(C(C)C)c(O)cc2O)cc1)C(=O)O. The number of phenols is 2. The van der Waals surface area contributed by atoms with E-state index in [9.17, 15) is 24.9 Å². The highest BCUT2D eigenvalue weighted by molar-refractivity contribution is 5.97. The van der Waals surface area contributed by atoms with Crippen LogP contribution < -0.4 is 5.32 Å². The molecule has 2 rings (SSSR count). The molecular weight excluding hydrogens is 408 g/mol. The number of nitrogens with one attached hydrogen (secondary N) is 1. The Labute approximate surface area is 189 Å². The molecule has 7 nitrogen and oxygen atoms in total. The second-order valence-electron chi connectivity index (χ2n) is 8.96. The number of amides is 1. The van der Waals surface area contributed by atoms with Gasteiger partial charge in [0, 0.05) is 26.2 Å². The highest BCUT2D eigenvalue weighted by atomic mass is 16.4. The Balaban J connectivity index is 2.03. The highest BCUT2D eigenvalue weighted by Gasteiger charge is 2.20. The third kappa shape index (κ3) is 6.72. The van der Waals surface area contributed by atoms with Crippen LogP contribution in [-0.2, 0) is 17.9 Å². The number of carboxylic acid groups (broad SMARTS) is 1. The average molecular weight is 443 g/mol. The predicted molar refractivity (Wildman–Crippen MR) is 124 cm³/mol. The molecule has 0 aliphatic heterocycles. The molecule has 2 aromatic rings. The van der Waals surface area contributed by atoms with E-state index in [-0.39, 0.29) is 34.8 Å². The van der Waals surface area contributed by atoms with E-state index >= 15 is 0 Å². The van der Waals surface area contributed by atoms with Crippen molar-refractivity contribution in [2.24, 2.45) is 5.92 Å². The number of aliphatic carboxylic acids is 1. The van der Waals surface area contributed by atoms with E-state index in [4.69, 9.17) is 0 Å². The van der Waals surface area contributed by atoms with E-state index in [2.05, 4.69) is 5.32 Å². The van der Waals surface area contributed by atoms with Crippen LogP contribution in [0.2, 0.25) is 0 Å². The Morgan fingerprint density at radius 2 is 1.56 bits per heavy atom. The molecule has 0 aliphatic carbocycles. The van der Waals surface area contributed by atoms with Gasteiger partial charge in [0.25, 0.3) is 5.91 Å². The van der Waals surface area contributed by atoms with Crippen LogP contribution >= 0.6 is 0 Å². The van der Waals surface area contributed by atoms with Gasteiger partial charge in [0.1, 0.15) is 17.5 Å². The summed E-state index contributed by atoms with van der Waals surface area (Å²) in [7, 11) is 1.66. The Morgan fingerprint density at radius 3 is 2.09 bits per heavy atom. The van der Waals surface area contributed by atoms with E-state index in [1.54, 1.807) is 13.1 Å². The zero-order chi connectivity index (χ0) is 24.0. The summed E-state index contributed by atoms with van der Waals surface area (Å²) >= 11 is 0. The van der Waals surface area contributed by atoms with Gasteiger partial charge < -0.3 is 25.5 Å². The molecule has 1 amide bonds. The first-order valence-corrected chi connectivity index (χ1v) is 10.8. The maximum atomic E-state index is 12.9. The number of rotatable bonds is 10. The van der Waals surface area contributed by atoms with Crippen molar-refractivity contribution >= 4 is 11.9 Å². The van der Waals surface area contributed by atoms with Gasteiger partial charge in [0.15, 0.2) is 0 Å². The fourth-order valence-electron chi connectivity index (χ4n) is 3.53. The summed E-state index contributed by atoms with van der Waals surface area (Å²) in [6, 6.07) is 9.77. The summed E-state index contributed by atoms with van der Waals surface area (Å²) in [6.45, 7) is 8.58. The Kier molecular flexibility index (Phi) is 8.66. The summed E-state index contributed by atoms with van der Waals surface area (Å²) in [5.41, 5.74) is 2.62. The van der Waals surface area contributed by atoms with Crippen LogP contribution in [0.4, 0.5) is 0 Å². The molecule has 0 bridgehead atoms. The van der Waals surface area contributed by atoms with Crippen molar-refractivity contribution in [3.63, 3.8) is 0 Å². The van der Waals surface area contributed by atoms with Gasteiger partial charge in [-0.15, -0.1) is 0 Å². The first-order valence-electron chi connectivity index (χ1n) is 10.8. The fraction of sp³-hybridized carbons (Fsp3) is 0.440. The summed E-state index contributed by atoms with van der Waals surface area (Å²) in [6.07, 6.45) is 0.558. The molecule has 0 radical (unpaired) electrons. The van der Waals surface area contributed by atoms with E-state index < -0.39 is 12.0 Å². The van der Waals surface area contributed by atoms with Crippen LogP contribution in [0, 0.1) is 5.92 Å². The molecular formula is C25H34N2O5. The number of benzene rings is 2. The predicted octanol–water partition coefficient (Wildman–Crippen LogP) is 4.08. The Hall–Kier alpha value is -3.06. The van der Waals surface area contributed by atoms with Crippen molar-refractivity contribution in [1.82, 2.24) is 10.2 Å². The van der Waals surface area contributed by atoms with Crippen LogP contribution in [0.1, 0.15) is 67.1 Å². The maximum absolute atomic E-state index is 12.9. The Bertz CT molecular complexity index is 938. The number of nitrogens with zero attached hydrogens (tertiary/aromatic N) is 1. The van der Waals surface area contributed by atoms with Gasteiger partial charge in [0.05, 0.1) is 5.56 Å². The molecule has 7 heteroatoms. The molecule has 4 N–H and O–H groups in total. The van der Waals surface area contributed by atoms with Crippen LogP contribution in [-0.4, -0.2) is 45.2 Å². The molecule has 1 atom stereocenters. The van der Waals surface area contributed by atoms with Crippen molar-refractivity contribution in [2.45, 2.75) is 59.2 Å².